The molecule has 1 atom stereocenters. The molecule has 1 aliphatic rings. The predicted octanol–water partition coefficient (Wildman–Crippen LogP) is 3.07. The third-order valence-electron chi connectivity index (χ3n) is 3.16. The Kier molecular flexibility index (Phi) is 3.80. The molecule has 0 radical (unpaired) electrons. The standard InChI is InChI=1S/C12H13Cl2FN2O/c1-12(2-3-16-6-12)11(18)17-10-8(13)4-7(15)5-9(10)14/h4-5,16H,2-3,6H2,1H3,(H,17,18). The predicted molar refractivity (Wildman–Crippen MR) is 70.6 cm³/mol. The fourth-order valence-electron chi connectivity index (χ4n) is 1.94. The third kappa shape index (κ3) is 2.60. The summed E-state index contributed by atoms with van der Waals surface area (Å²) in [5.74, 6) is -0.695. The summed E-state index contributed by atoms with van der Waals surface area (Å²) in [7, 11) is 0. The summed E-state index contributed by atoms with van der Waals surface area (Å²) >= 11 is 11.8. The lowest BCUT2D eigenvalue weighted by Crippen LogP contribution is -2.35. The highest BCUT2D eigenvalue weighted by molar-refractivity contribution is 6.39. The second-order valence-corrected chi connectivity index (χ2v) is 5.50. The van der Waals surface area contributed by atoms with Crippen molar-refractivity contribution >= 4 is 34.8 Å². The zero-order valence-corrected chi connectivity index (χ0v) is 11.3. The highest BCUT2D eigenvalue weighted by Gasteiger charge is 2.36. The van der Waals surface area contributed by atoms with E-state index in [1.165, 1.54) is 0 Å². The minimum absolute atomic E-state index is 0.0999. The summed E-state index contributed by atoms with van der Waals surface area (Å²) in [6.07, 6.45) is 0.745. The topological polar surface area (TPSA) is 41.1 Å². The second-order valence-electron chi connectivity index (χ2n) is 4.69. The molecule has 1 aromatic rings. The van der Waals surface area contributed by atoms with Crippen molar-refractivity contribution in [3.05, 3.63) is 28.0 Å². The van der Waals surface area contributed by atoms with E-state index in [1.807, 2.05) is 6.92 Å². The highest BCUT2D eigenvalue weighted by Crippen LogP contribution is 2.34. The number of rotatable bonds is 2. The largest absolute Gasteiger partial charge is 0.323 e. The molecule has 1 amide bonds. The zero-order valence-electron chi connectivity index (χ0n) is 9.82. The van der Waals surface area contributed by atoms with Gasteiger partial charge in [-0.2, -0.15) is 0 Å². The number of nitrogens with one attached hydrogen (secondary N) is 2. The first-order valence-corrected chi connectivity index (χ1v) is 6.35. The molecule has 1 aromatic carbocycles. The number of hydrogen-bond donors (Lipinski definition) is 2. The molecule has 1 heterocycles. The molecule has 1 fully saturated rings. The Balaban J connectivity index is 2.22. The molecule has 0 spiro atoms. The second kappa shape index (κ2) is 5.03. The summed E-state index contributed by atoms with van der Waals surface area (Å²) in [5.41, 5.74) is -0.223. The number of carbonyl (C=O) groups excluding carboxylic acids is 1. The van der Waals surface area contributed by atoms with Gasteiger partial charge in [-0.25, -0.2) is 4.39 Å². The van der Waals surface area contributed by atoms with Crippen LogP contribution in [-0.2, 0) is 4.79 Å². The van der Waals surface area contributed by atoms with Gasteiger partial charge in [0, 0.05) is 6.54 Å². The Morgan fingerprint density at radius 2 is 2.06 bits per heavy atom. The molecule has 0 aliphatic carbocycles. The van der Waals surface area contributed by atoms with E-state index in [2.05, 4.69) is 10.6 Å². The van der Waals surface area contributed by atoms with Crippen LogP contribution in [0.2, 0.25) is 10.0 Å². The van der Waals surface area contributed by atoms with Gasteiger partial charge < -0.3 is 10.6 Å². The Labute approximate surface area is 115 Å². The minimum Gasteiger partial charge on any atom is -0.323 e. The molecule has 0 saturated carbocycles. The van der Waals surface area contributed by atoms with E-state index in [4.69, 9.17) is 23.2 Å². The van der Waals surface area contributed by atoms with Crippen molar-refractivity contribution < 1.29 is 9.18 Å². The van der Waals surface area contributed by atoms with Gasteiger partial charge in [0.05, 0.1) is 21.1 Å². The van der Waals surface area contributed by atoms with Gasteiger partial charge >= 0.3 is 0 Å². The van der Waals surface area contributed by atoms with Crippen molar-refractivity contribution in [3.63, 3.8) is 0 Å². The van der Waals surface area contributed by atoms with Gasteiger partial charge in [0.1, 0.15) is 5.82 Å². The number of carbonyl (C=O) groups is 1. The molecular formula is C12H13Cl2FN2O. The molecule has 1 saturated heterocycles. The molecule has 1 aliphatic heterocycles. The molecule has 3 nitrogen and oxygen atoms in total. The van der Waals surface area contributed by atoms with Crippen LogP contribution in [0.15, 0.2) is 12.1 Å². The maximum absolute atomic E-state index is 13.0. The van der Waals surface area contributed by atoms with Gasteiger partial charge in [0.25, 0.3) is 0 Å². The molecule has 0 aromatic heterocycles. The lowest BCUT2D eigenvalue weighted by molar-refractivity contribution is -0.123. The van der Waals surface area contributed by atoms with Crippen molar-refractivity contribution in [1.29, 1.82) is 0 Å². The van der Waals surface area contributed by atoms with Crippen LogP contribution in [0.25, 0.3) is 0 Å². The Morgan fingerprint density at radius 1 is 1.44 bits per heavy atom. The van der Waals surface area contributed by atoms with Crippen LogP contribution in [0.1, 0.15) is 13.3 Å². The van der Waals surface area contributed by atoms with Crippen molar-refractivity contribution in [2.24, 2.45) is 5.41 Å². The van der Waals surface area contributed by atoms with Crippen LogP contribution in [0.5, 0.6) is 0 Å². The minimum atomic E-state index is -0.531. The van der Waals surface area contributed by atoms with Gasteiger partial charge in [0.15, 0.2) is 0 Å². The van der Waals surface area contributed by atoms with Crippen LogP contribution in [-0.4, -0.2) is 19.0 Å². The first-order valence-electron chi connectivity index (χ1n) is 5.59. The Bertz CT molecular complexity index is 464. The molecule has 1 unspecified atom stereocenters. The lowest BCUT2D eigenvalue weighted by atomic mass is 9.89. The highest BCUT2D eigenvalue weighted by atomic mass is 35.5. The summed E-state index contributed by atoms with van der Waals surface area (Å²) in [6.45, 7) is 3.28. The summed E-state index contributed by atoms with van der Waals surface area (Å²) in [4.78, 5) is 12.2. The van der Waals surface area contributed by atoms with Crippen LogP contribution < -0.4 is 10.6 Å². The molecule has 2 N–H and O–H groups in total. The SMILES string of the molecule is CC1(C(=O)Nc2c(Cl)cc(F)cc2Cl)CCNC1. The van der Waals surface area contributed by atoms with E-state index in [-0.39, 0.29) is 21.6 Å². The number of halogens is 3. The molecular weight excluding hydrogens is 278 g/mol. The average molecular weight is 291 g/mol. The smallest absolute Gasteiger partial charge is 0.231 e. The van der Waals surface area contributed by atoms with Crippen molar-refractivity contribution in [1.82, 2.24) is 5.32 Å². The first-order chi connectivity index (χ1) is 8.42. The van der Waals surface area contributed by atoms with E-state index in [0.29, 0.717) is 6.54 Å². The fraction of sp³-hybridized carbons (Fsp3) is 0.417. The van der Waals surface area contributed by atoms with Gasteiger partial charge in [-0.1, -0.05) is 23.2 Å². The third-order valence-corrected chi connectivity index (χ3v) is 3.76. The summed E-state index contributed by atoms with van der Waals surface area (Å²) in [6, 6.07) is 2.25. The van der Waals surface area contributed by atoms with Gasteiger partial charge in [-0.3, -0.25) is 4.79 Å². The maximum Gasteiger partial charge on any atom is 0.231 e. The van der Waals surface area contributed by atoms with E-state index in [9.17, 15) is 9.18 Å². The summed E-state index contributed by atoms with van der Waals surface area (Å²) in [5, 5.41) is 6.01. The quantitative estimate of drug-likeness (QED) is 0.879. The molecule has 0 bridgehead atoms. The molecule has 2 rings (SSSR count). The number of benzene rings is 1. The summed E-state index contributed by atoms with van der Waals surface area (Å²) < 4.78 is 13.0. The van der Waals surface area contributed by atoms with Crippen molar-refractivity contribution in [2.75, 3.05) is 18.4 Å². The molecule has 18 heavy (non-hydrogen) atoms. The number of anilines is 1. The van der Waals surface area contributed by atoms with Crippen molar-refractivity contribution in [2.45, 2.75) is 13.3 Å². The monoisotopic (exact) mass is 290 g/mol. The van der Waals surface area contributed by atoms with E-state index in [1.54, 1.807) is 0 Å². The number of amides is 1. The number of hydrogen-bond acceptors (Lipinski definition) is 2. The first kappa shape index (κ1) is 13.6. The van der Waals surface area contributed by atoms with Crippen LogP contribution >= 0.6 is 23.2 Å². The van der Waals surface area contributed by atoms with Gasteiger partial charge in [0.2, 0.25) is 5.91 Å². The zero-order chi connectivity index (χ0) is 13.3. The van der Waals surface area contributed by atoms with E-state index >= 15 is 0 Å². The maximum atomic E-state index is 13.0. The lowest BCUT2D eigenvalue weighted by Gasteiger charge is -2.22. The molecule has 98 valence electrons. The Morgan fingerprint density at radius 3 is 2.56 bits per heavy atom. The van der Waals surface area contributed by atoms with E-state index < -0.39 is 11.2 Å². The van der Waals surface area contributed by atoms with Crippen molar-refractivity contribution in [3.8, 4) is 0 Å². The van der Waals surface area contributed by atoms with Gasteiger partial charge in [-0.05, 0) is 32.0 Å². The Hall–Kier alpha value is -0.840. The van der Waals surface area contributed by atoms with Crippen LogP contribution in [0.4, 0.5) is 10.1 Å². The van der Waals surface area contributed by atoms with Crippen LogP contribution in [0.3, 0.4) is 0 Å². The molecule has 6 heteroatoms. The fourth-order valence-corrected chi connectivity index (χ4v) is 2.49. The van der Waals surface area contributed by atoms with E-state index in [0.717, 1.165) is 25.1 Å². The average Bonchev–Trinajstić information content (AvgIpc) is 2.71. The van der Waals surface area contributed by atoms with Crippen LogP contribution in [0, 0.1) is 11.2 Å². The van der Waals surface area contributed by atoms with Gasteiger partial charge in [-0.15, -0.1) is 0 Å². The normalized spacial score (nSPS) is 23.1.